The minimum absolute atomic E-state index is 0.0831. The lowest BCUT2D eigenvalue weighted by atomic mass is 10.1. The maximum absolute atomic E-state index is 13.6. The number of rotatable bonds is 4. The average Bonchev–Trinajstić information content (AvgIpc) is 2.45. The van der Waals surface area contributed by atoms with Gasteiger partial charge in [-0.3, -0.25) is 4.79 Å². The van der Waals surface area contributed by atoms with E-state index in [9.17, 15) is 13.6 Å². The Balaban J connectivity index is 2.06. The fourth-order valence-electron chi connectivity index (χ4n) is 1.92. The molecule has 0 heterocycles. The van der Waals surface area contributed by atoms with Crippen LogP contribution in [0.25, 0.3) is 0 Å². The summed E-state index contributed by atoms with van der Waals surface area (Å²) in [5.41, 5.74) is 7.28. The van der Waals surface area contributed by atoms with Crippen molar-refractivity contribution in [3.63, 3.8) is 0 Å². The van der Waals surface area contributed by atoms with Crippen LogP contribution in [0.1, 0.15) is 16.7 Å². The molecule has 0 aliphatic rings. The molecule has 110 valence electrons. The molecule has 2 rings (SSSR count). The SMILES string of the molecule is Cc1cc(F)c(NC(=O)Cc2ccc(CN)cc2)cc1F. The molecule has 0 fully saturated rings. The maximum Gasteiger partial charge on any atom is 0.228 e. The fourth-order valence-corrected chi connectivity index (χ4v) is 1.92. The predicted molar refractivity (Wildman–Crippen MR) is 77.8 cm³/mol. The Kier molecular flexibility index (Phi) is 4.65. The van der Waals surface area contributed by atoms with Crippen molar-refractivity contribution >= 4 is 11.6 Å². The lowest BCUT2D eigenvalue weighted by Gasteiger charge is -2.08. The predicted octanol–water partition coefficient (Wildman–Crippen LogP) is 2.91. The van der Waals surface area contributed by atoms with Crippen molar-refractivity contribution in [1.82, 2.24) is 0 Å². The Morgan fingerprint density at radius 3 is 2.33 bits per heavy atom. The van der Waals surface area contributed by atoms with Crippen LogP contribution in [-0.2, 0) is 17.8 Å². The summed E-state index contributed by atoms with van der Waals surface area (Å²) in [6.07, 6.45) is 0.0831. The number of amides is 1. The van der Waals surface area contributed by atoms with Crippen molar-refractivity contribution in [2.45, 2.75) is 19.9 Å². The van der Waals surface area contributed by atoms with Crippen LogP contribution in [-0.4, -0.2) is 5.91 Å². The van der Waals surface area contributed by atoms with Gasteiger partial charge in [0.05, 0.1) is 12.1 Å². The number of aryl methyl sites for hydroxylation is 1. The summed E-state index contributed by atoms with van der Waals surface area (Å²) in [6.45, 7) is 1.89. The Morgan fingerprint density at radius 2 is 1.71 bits per heavy atom. The van der Waals surface area contributed by atoms with Crippen molar-refractivity contribution in [3.8, 4) is 0 Å². The van der Waals surface area contributed by atoms with Crippen molar-refractivity contribution in [2.75, 3.05) is 5.32 Å². The minimum atomic E-state index is -0.652. The summed E-state index contributed by atoms with van der Waals surface area (Å²) in [5, 5.41) is 2.38. The molecule has 5 heteroatoms. The molecule has 3 nitrogen and oxygen atoms in total. The van der Waals surface area contributed by atoms with Gasteiger partial charge in [-0.05, 0) is 29.7 Å². The summed E-state index contributed by atoms with van der Waals surface area (Å²) >= 11 is 0. The van der Waals surface area contributed by atoms with Crippen LogP contribution in [0, 0.1) is 18.6 Å². The van der Waals surface area contributed by atoms with E-state index in [2.05, 4.69) is 5.32 Å². The molecule has 2 aromatic carbocycles. The van der Waals surface area contributed by atoms with Crippen LogP contribution in [0.15, 0.2) is 36.4 Å². The van der Waals surface area contributed by atoms with Gasteiger partial charge in [0.2, 0.25) is 5.91 Å². The zero-order valence-corrected chi connectivity index (χ0v) is 11.6. The average molecular weight is 290 g/mol. The van der Waals surface area contributed by atoms with Gasteiger partial charge in [-0.25, -0.2) is 8.78 Å². The van der Waals surface area contributed by atoms with Crippen LogP contribution in [0.4, 0.5) is 14.5 Å². The molecule has 0 aliphatic heterocycles. The first-order valence-electron chi connectivity index (χ1n) is 6.53. The second kappa shape index (κ2) is 6.45. The fraction of sp³-hybridized carbons (Fsp3) is 0.188. The number of nitrogens with one attached hydrogen (secondary N) is 1. The largest absolute Gasteiger partial charge is 0.326 e. The zero-order chi connectivity index (χ0) is 15.4. The highest BCUT2D eigenvalue weighted by Crippen LogP contribution is 2.19. The molecule has 0 saturated heterocycles. The number of benzene rings is 2. The zero-order valence-electron chi connectivity index (χ0n) is 11.6. The highest BCUT2D eigenvalue weighted by Gasteiger charge is 2.11. The van der Waals surface area contributed by atoms with Crippen LogP contribution >= 0.6 is 0 Å². The van der Waals surface area contributed by atoms with Gasteiger partial charge in [-0.15, -0.1) is 0 Å². The van der Waals surface area contributed by atoms with Crippen LogP contribution in [0.2, 0.25) is 0 Å². The first-order valence-corrected chi connectivity index (χ1v) is 6.53. The van der Waals surface area contributed by atoms with E-state index in [4.69, 9.17) is 5.73 Å². The van der Waals surface area contributed by atoms with E-state index in [1.54, 1.807) is 12.1 Å². The molecule has 0 bridgehead atoms. The first-order chi connectivity index (χ1) is 9.99. The van der Waals surface area contributed by atoms with E-state index in [1.807, 2.05) is 12.1 Å². The number of anilines is 1. The lowest BCUT2D eigenvalue weighted by molar-refractivity contribution is -0.115. The van der Waals surface area contributed by atoms with Crippen molar-refractivity contribution in [2.24, 2.45) is 5.73 Å². The van der Waals surface area contributed by atoms with Gasteiger partial charge < -0.3 is 11.1 Å². The molecule has 0 spiro atoms. The van der Waals surface area contributed by atoms with Crippen molar-refractivity contribution in [1.29, 1.82) is 0 Å². The van der Waals surface area contributed by atoms with E-state index in [0.29, 0.717) is 6.54 Å². The number of carbonyl (C=O) groups is 1. The molecular formula is C16H16F2N2O. The standard InChI is InChI=1S/C16H16F2N2O/c1-10-6-14(18)15(8-13(10)17)20-16(21)7-11-2-4-12(9-19)5-3-11/h2-6,8H,7,9,19H2,1H3,(H,20,21). The maximum atomic E-state index is 13.6. The second-order valence-electron chi connectivity index (χ2n) is 4.83. The summed E-state index contributed by atoms with van der Waals surface area (Å²) < 4.78 is 27.0. The Labute approximate surface area is 121 Å². The van der Waals surface area contributed by atoms with E-state index in [1.165, 1.54) is 6.92 Å². The Bertz CT molecular complexity index is 654. The first kappa shape index (κ1) is 15.1. The highest BCUT2D eigenvalue weighted by molar-refractivity contribution is 5.92. The summed E-state index contributed by atoms with van der Waals surface area (Å²) in [7, 11) is 0. The summed E-state index contributed by atoms with van der Waals surface area (Å²) in [4.78, 5) is 11.9. The molecule has 0 saturated carbocycles. The van der Waals surface area contributed by atoms with Gasteiger partial charge in [-0.2, -0.15) is 0 Å². The monoisotopic (exact) mass is 290 g/mol. The molecule has 0 unspecified atom stereocenters. The third-order valence-electron chi connectivity index (χ3n) is 3.15. The molecule has 1 amide bonds. The highest BCUT2D eigenvalue weighted by atomic mass is 19.1. The number of hydrogen-bond acceptors (Lipinski definition) is 2. The van der Waals surface area contributed by atoms with Crippen molar-refractivity contribution in [3.05, 3.63) is 64.7 Å². The Hall–Kier alpha value is -2.27. The molecule has 2 aromatic rings. The molecule has 0 atom stereocenters. The van der Waals surface area contributed by atoms with E-state index < -0.39 is 17.5 Å². The van der Waals surface area contributed by atoms with Gasteiger partial charge >= 0.3 is 0 Å². The number of hydrogen-bond donors (Lipinski definition) is 2. The lowest BCUT2D eigenvalue weighted by Crippen LogP contribution is -2.15. The third kappa shape index (κ3) is 3.86. The molecule has 0 radical (unpaired) electrons. The number of carbonyl (C=O) groups excluding carboxylic acids is 1. The van der Waals surface area contributed by atoms with Crippen molar-refractivity contribution < 1.29 is 13.6 Å². The molecule has 3 N–H and O–H groups in total. The van der Waals surface area contributed by atoms with Gasteiger partial charge in [0.15, 0.2) is 0 Å². The van der Waals surface area contributed by atoms with Gasteiger partial charge in [0.1, 0.15) is 11.6 Å². The van der Waals surface area contributed by atoms with Gasteiger partial charge in [0, 0.05) is 12.6 Å². The summed E-state index contributed by atoms with van der Waals surface area (Å²) in [6, 6.07) is 9.27. The number of nitrogens with two attached hydrogens (primary N) is 1. The Morgan fingerprint density at radius 1 is 1.10 bits per heavy atom. The summed E-state index contributed by atoms with van der Waals surface area (Å²) in [5.74, 6) is -1.61. The molecule has 0 aliphatic carbocycles. The van der Waals surface area contributed by atoms with E-state index >= 15 is 0 Å². The molecule has 21 heavy (non-hydrogen) atoms. The molecular weight excluding hydrogens is 274 g/mol. The molecule has 0 aromatic heterocycles. The van der Waals surface area contributed by atoms with Gasteiger partial charge in [0.25, 0.3) is 0 Å². The topological polar surface area (TPSA) is 55.1 Å². The van der Waals surface area contributed by atoms with Gasteiger partial charge in [-0.1, -0.05) is 24.3 Å². The van der Waals surface area contributed by atoms with Crippen LogP contribution < -0.4 is 11.1 Å². The third-order valence-corrected chi connectivity index (χ3v) is 3.15. The minimum Gasteiger partial charge on any atom is -0.326 e. The quantitative estimate of drug-likeness (QED) is 0.909. The van der Waals surface area contributed by atoms with E-state index in [-0.39, 0.29) is 17.7 Å². The smallest absolute Gasteiger partial charge is 0.228 e. The normalized spacial score (nSPS) is 10.5. The van der Waals surface area contributed by atoms with E-state index in [0.717, 1.165) is 23.3 Å². The number of halogens is 2. The van der Waals surface area contributed by atoms with Crippen LogP contribution in [0.5, 0.6) is 0 Å². The second-order valence-corrected chi connectivity index (χ2v) is 4.83. The van der Waals surface area contributed by atoms with Crippen LogP contribution in [0.3, 0.4) is 0 Å².